The van der Waals surface area contributed by atoms with Crippen LogP contribution in [0, 0.1) is 0 Å². The van der Waals surface area contributed by atoms with Crippen LogP contribution in [0.25, 0.3) is 21.9 Å². The zero-order valence-corrected chi connectivity index (χ0v) is 12.7. The molecule has 3 nitrogen and oxygen atoms in total. The number of aromatic nitrogens is 1. The van der Waals surface area contributed by atoms with Gasteiger partial charge in [-0.05, 0) is 42.0 Å². The number of pyridine rings is 1. The average Bonchev–Trinajstić information content (AvgIpc) is 2.54. The van der Waals surface area contributed by atoms with E-state index in [0.717, 1.165) is 22.1 Å². The molecule has 0 unspecified atom stereocenters. The molecular weight excluding hydrogens is 272 g/mol. The first-order chi connectivity index (χ1) is 10.5. The third kappa shape index (κ3) is 2.35. The maximum absolute atomic E-state index is 11.6. The van der Waals surface area contributed by atoms with E-state index in [0.29, 0.717) is 0 Å². The van der Waals surface area contributed by atoms with Crippen molar-refractivity contribution >= 4 is 16.7 Å². The minimum atomic E-state index is -0.665. The molecule has 0 aliphatic rings. The minimum Gasteiger partial charge on any atom is -0.369 e. The van der Waals surface area contributed by atoms with Gasteiger partial charge in [0.1, 0.15) is 0 Å². The summed E-state index contributed by atoms with van der Waals surface area (Å²) in [5.74, 6) is -0.323. The van der Waals surface area contributed by atoms with Gasteiger partial charge in [0.2, 0.25) is 5.91 Å². The fourth-order valence-corrected chi connectivity index (χ4v) is 2.58. The molecule has 0 atom stereocenters. The zero-order valence-electron chi connectivity index (χ0n) is 12.7. The number of hydrogen-bond acceptors (Lipinski definition) is 2. The van der Waals surface area contributed by atoms with Crippen molar-refractivity contribution in [3.63, 3.8) is 0 Å². The maximum Gasteiger partial charge on any atom is 0.227 e. The Balaban J connectivity index is 2.08. The Kier molecular flexibility index (Phi) is 3.41. The highest BCUT2D eigenvalue weighted by molar-refractivity contribution is 5.96. The van der Waals surface area contributed by atoms with Gasteiger partial charge in [0.15, 0.2) is 0 Å². The second-order valence-electron chi connectivity index (χ2n) is 5.97. The smallest absolute Gasteiger partial charge is 0.227 e. The first-order valence-electron chi connectivity index (χ1n) is 7.24. The summed E-state index contributed by atoms with van der Waals surface area (Å²) >= 11 is 0. The third-order valence-corrected chi connectivity index (χ3v) is 4.21. The second-order valence-corrected chi connectivity index (χ2v) is 5.97. The SMILES string of the molecule is CC(C)(C(N)=O)c1ccc(-c2cccc3cnccc23)cc1. The average molecular weight is 290 g/mol. The van der Waals surface area contributed by atoms with Gasteiger partial charge in [-0.2, -0.15) is 0 Å². The van der Waals surface area contributed by atoms with Crippen molar-refractivity contribution < 1.29 is 4.79 Å². The van der Waals surface area contributed by atoms with Gasteiger partial charge in [0.25, 0.3) is 0 Å². The topological polar surface area (TPSA) is 56.0 Å². The highest BCUT2D eigenvalue weighted by atomic mass is 16.1. The molecule has 2 N–H and O–H groups in total. The summed E-state index contributed by atoms with van der Waals surface area (Å²) in [5, 5.41) is 2.28. The molecule has 0 bridgehead atoms. The van der Waals surface area contributed by atoms with E-state index in [2.05, 4.69) is 17.1 Å². The van der Waals surface area contributed by atoms with Crippen LogP contribution in [0.2, 0.25) is 0 Å². The van der Waals surface area contributed by atoms with Gasteiger partial charge in [-0.3, -0.25) is 9.78 Å². The van der Waals surface area contributed by atoms with Gasteiger partial charge in [0, 0.05) is 17.8 Å². The van der Waals surface area contributed by atoms with Gasteiger partial charge >= 0.3 is 0 Å². The largest absolute Gasteiger partial charge is 0.369 e. The van der Waals surface area contributed by atoms with Gasteiger partial charge in [0.05, 0.1) is 5.41 Å². The summed E-state index contributed by atoms with van der Waals surface area (Å²) in [5.41, 5.74) is 8.00. The molecule has 22 heavy (non-hydrogen) atoms. The lowest BCUT2D eigenvalue weighted by molar-refractivity contribution is -0.122. The van der Waals surface area contributed by atoms with Crippen molar-refractivity contribution in [1.29, 1.82) is 0 Å². The summed E-state index contributed by atoms with van der Waals surface area (Å²) < 4.78 is 0. The van der Waals surface area contributed by atoms with Crippen molar-refractivity contribution in [1.82, 2.24) is 4.98 Å². The molecule has 1 aromatic heterocycles. The van der Waals surface area contributed by atoms with Gasteiger partial charge in [-0.1, -0.05) is 42.5 Å². The predicted molar refractivity (Wildman–Crippen MR) is 89.4 cm³/mol. The van der Waals surface area contributed by atoms with Crippen LogP contribution in [0.1, 0.15) is 19.4 Å². The standard InChI is InChI=1S/C19H18N2O/c1-19(2,18(20)22)15-8-6-13(7-9-15)16-5-3-4-14-12-21-11-10-17(14)16/h3-12H,1-2H3,(H2,20,22). The molecule has 0 saturated carbocycles. The maximum atomic E-state index is 11.6. The summed E-state index contributed by atoms with van der Waals surface area (Å²) in [6, 6.07) is 16.2. The van der Waals surface area contributed by atoms with Gasteiger partial charge in [-0.15, -0.1) is 0 Å². The van der Waals surface area contributed by atoms with Crippen molar-refractivity contribution in [3.8, 4) is 11.1 Å². The Morgan fingerprint density at radius 1 is 1.05 bits per heavy atom. The molecule has 0 aliphatic heterocycles. The number of rotatable bonds is 3. The molecule has 2 aromatic carbocycles. The molecular formula is C19H18N2O. The minimum absolute atomic E-state index is 0.323. The van der Waals surface area contributed by atoms with Crippen LogP contribution in [0.4, 0.5) is 0 Å². The van der Waals surface area contributed by atoms with Crippen LogP contribution in [-0.2, 0) is 10.2 Å². The normalized spacial score (nSPS) is 11.5. The van der Waals surface area contributed by atoms with Crippen LogP contribution >= 0.6 is 0 Å². The molecule has 1 heterocycles. The fraction of sp³-hybridized carbons (Fsp3) is 0.158. The highest BCUT2D eigenvalue weighted by Crippen LogP contribution is 2.30. The number of nitrogens with zero attached hydrogens (tertiary/aromatic N) is 1. The second kappa shape index (κ2) is 5.26. The quantitative estimate of drug-likeness (QED) is 0.800. The highest BCUT2D eigenvalue weighted by Gasteiger charge is 2.27. The van der Waals surface area contributed by atoms with Crippen LogP contribution in [-0.4, -0.2) is 10.9 Å². The lowest BCUT2D eigenvalue weighted by atomic mass is 9.83. The van der Waals surface area contributed by atoms with E-state index >= 15 is 0 Å². The molecule has 110 valence electrons. The van der Waals surface area contributed by atoms with Crippen molar-refractivity contribution in [2.75, 3.05) is 0 Å². The van der Waals surface area contributed by atoms with Crippen molar-refractivity contribution in [2.24, 2.45) is 5.73 Å². The number of carbonyl (C=O) groups is 1. The number of hydrogen-bond donors (Lipinski definition) is 1. The molecule has 0 radical (unpaired) electrons. The van der Waals surface area contributed by atoms with E-state index < -0.39 is 5.41 Å². The number of carbonyl (C=O) groups excluding carboxylic acids is 1. The number of primary amides is 1. The predicted octanol–water partition coefficient (Wildman–Crippen LogP) is 3.66. The van der Waals surface area contributed by atoms with E-state index in [1.54, 1.807) is 6.20 Å². The van der Waals surface area contributed by atoms with E-state index in [1.807, 2.05) is 56.4 Å². The lowest BCUT2D eigenvalue weighted by Crippen LogP contribution is -2.35. The van der Waals surface area contributed by atoms with Crippen LogP contribution in [0.3, 0.4) is 0 Å². The van der Waals surface area contributed by atoms with E-state index in [-0.39, 0.29) is 5.91 Å². The van der Waals surface area contributed by atoms with Crippen LogP contribution in [0.5, 0.6) is 0 Å². The Hall–Kier alpha value is -2.68. The van der Waals surface area contributed by atoms with E-state index in [9.17, 15) is 4.79 Å². The molecule has 0 aliphatic carbocycles. The van der Waals surface area contributed by atoms with E-state index in [1.165, 1.54) is 5.39 Å². The van der Waals surface area contributed by atoms with Gasteiger partial charge < -0.3 is 5.73 Å². The molecule has 0 fully saturated rings. The van der Waals surface area contributed by atoms with Crippen LogP contribution < -0.4 is 5.73 Å². The lowest BCUT2D eigenvalue weighted by Gasteiger charge is -2.21. The molecule has 0 saturated heterocycles. The fourth-order valence-electron chi connectivity index (χ4n) is 2.58. The Morgan fingerprint density at radius 3 is 2.45 bits per heavy atom. The zero-order chi connectivity index (χ0) is 15.7. The number of benzene rings is 2. The van der Waals surface area contributed by atoms with Crippen molar-refractivity contribution in [2.45, 2.75) is 19.3 Å². The number of amides is 1. The number of nitrogens with two attached hydrogens (primary N) is 1. The Morgan fingerprint density at radius 2 is 1.77 bits per heavy atom. The molecule has 3 aromatic rings. The first kappa shape index (κ1) is 14.3. The third-order valence-electron chi connectivity index (χ3n) is 4.21. The Labute approximate surface area is 129 Å². The first-order valence-corrected chi connectivity index (χ1v) is 7.24. The molecule has 1 amide bonds. The van der Waals surface area contributed by atoms with Crippen molar-refractivity contribution in [3.05, 3.63) is 66.5 Å². The van der Waals surface area contributed by atoms with E-state index in [4.69, 9.17) is 5.73 Å². The Bertz CT molecular complexity index is 830. The van der Waals surface area contributed by atoms with Crippen LogP contribution in [0.15, 0.2) is 60.9 Å². The summed E-state index contributed by atoms with van der Waals surface area (Å²) in [6.07, 6.45) is 3.67. The summed E-state index contributed by atoms with van der Waals surface area (Å²) in [4.78, 5) is 15.7. The molecule has 0 spiro atoms. The summed E-state index contributed by atoms with van der Waals surface area (Å²) in [7, 11) is 0. The van der Waals surface area contributed by atoms with Gasteiger partial charge in [-0.25, -0.2) is 0 Å². The molecule has 3 heteroatoms. The number of fused-ring (bicyclic) bond motifs is 1. The summed E-state index contributed by atoms with van der Waals surface area (Å²) in [6.45, 7) is 3.68. The molecule has 3 rings (SSSR count). The monoisotopic (exact) mass is 290 g/mol.